The minimum absolute atomic E-state index is 0.152. The third-order valence-corrected chi connectivity index (χ3v) is 3.10. The number of nitrogens with one attached hydrogen (secondary N) is 1. The van der Waals surface area contributed by atoms with Crippen molar-refractivity contribution in [3.63, 3.8) is 0 Å². The molecule has 1 saturated heterocycles. The van der Waals surface area contributed by atoms with Gasteiger partial charge in [0.2, 0.25) is 5.91 Å². The van der Waals surface area contributed by atoms with E-state index in [-0.39, 0.29) is 11.3 Å². The fraction of sp³-hybridized carbons (Fsp3) is 0.923. The average Bonchev–Trinajstić information content (AvgIpc) is 2.24. The van der Waals surface area contributed by atoms with Crippen LogP contribution in [0, 0.1) is 11.3 Å². The second-order valence-electron chi connectivity index (χ2n) is 5.70. The SMILES string of the molecule is CC(C)(C)C(=O)NCCCC1CCOCC1. The third-order valence-electron chi connectivity index (χ3n) is 3.10. The van der Waals surface area contributed by atoms with Gasteiger partial charge >= 0.3 is 0 Å². The Morgan fingerprint density at radius 1 is 1.31 bits per heavy atom. The molecular formula is C13H25NO2. The van der Waals surface area contributed by atoms with Crippen LogP contribution in [0.5, 0.6) is 0 Å². The van der Waals surface area contributed by atoms with Gasteiger partial charge in [0.15, 0.2) is 0 Å². The van der Waals surface area contributed by atoms with E-state index in [0.29, 0.717) is 0 Å². The Balaban J connectivity index is 2.05. The first-order valence-electron chi connectivity index (χ1n) is 6.36. The van der Waals surface area contributed by atoms with Crippen LogP contribution in [0.1, 0.15) is 46.5 Å². The minimum Gasteiger partial charge on any atom is -0.381 e. The first-order valence-corrected chi connectivity index (χ1v) is 6.36. The standard InChI is InChI=1S/C13H25NO2/c1-13(2,3)12(15)14-8-4-5-11-6-9-16-10-7-11/h11H,4-10H2,1-3H3,(H,14,15). The van der Waals surface area contributed by atoms with Crippen molar-refractivity contribution in [3.8, 4) is 0 Å². The van der Waals surface area contributed by atoms with Gasteiger partial charge in [-0.25, -0.2) is 0 Å². The Bertz CT molecular complexity index is 214. The second-order valence-corrected chi connectivity index (χ2v) is 5.70. The van der Waals surface area contributed by atoms with Gasteiger partial charge in [-0.15, -0.1) is 0 Å². The summed E-state index contributed by atoms with van der Waals surface area (Å²) in [6.45, 7) is 8.48. The summed E-state index contributed by atoms with van der Waals surface area (Å²) in [4.78, 5) is 11.6. The van der Waals surface area contributed by atoms with Crippen LogP contribution in [0.15, 0.2) is 0 Å². The highest BCUT2D eigenvalue weighted by atomic mass is 16.5. The lowest BCUT2D eigenvalue weighted by atomic mass is 9.94. The van der Waals surface area contributed by atoms with Gasteiger partial charge in [-0.3, -0.25) is 4.79 Å². The van der Waals surface area contributed by atoms with Crippen molar-refractivity contribution < 1.29 is 9.53 Å². The molecule has 0 aromatic rings. The molecule has 0 aromatic heterocycles. The number of hydrogen-bond acceptors (Lipinski definition) is 2. The van der Waals surface area contributed by atoms with Gasteiger partial charge in [-0.1, -0.05) is 20.8 Å². The Morgan fingerprint density at radius 3 is 2.50 bits per heavy atom. The van der Waals surface area contributed by atoms with Crippen LogP contribution < -0.4 is 5.32 Å². The molecule has 3 heteroatoms. The van der Waals surface area contributed by atoms with Gasteiger partial charge in [0.1, 0.15) is 0 Å². The first-order chi connectivity index (χ1) is 7.50. The highest BCUT2D eigenvalue weighted by Gasteiger charge is 2.20. The first kappa shape index (κ1) is 13.5. The van der Waals surface area contributed by atoms with Gasteiger partial charge in [0, 0.05) is 25.2 Å². The van der Waals surface area contributed by atoms with Crippen molar-refractivity contribution >= 4 is 5.91 Å². The molecule has 0 aromatic carbocycles. The van der Waals surface area contributed by atoms with E-state index in [4.69, 9.17) is 4.74 Å². The second kappa shape index (κ2) is 6.24. The lowest BCUT2D eigenvalue weighted by molar-refractivity contribution is -0.128. The van der Waals surface area contributed by atoms with Crippen LogP contribution in [0.4, 0.5) is 0 Å². The van der Waals surface area contributed by atoms with Gasteiger partial charge in [-0.05, 0) is 31.6 Å². The summed E-state index contributed by atoms with van der Waals surface area (Å²) < 4.78 is 5.32. The molecular weight excluding hydrogens is 202 g/mol. The molecule has 0 spiro atoms. The summed E-state index contributed by atoms with van der Waals surface area (Å²) in [7, 11) is 0. The molecule has 0 radical (unpaired) electrons. The van der Waals surface area contributed by atoms with Crippen LogP contribution in [0.3, 0.4) is 0 Å². The van der Waals surface area contributed by atoms with E-state index < -0.39 is 0 Å². The quantitative estimate of drug-likeness (QED) is 0.749. The van der Waals surface area contributed by atoms with Crippen LogP contribution in [0.2, 0.25) is 0 Å². The van der Waals surface area contributed by atoms with Crippen LogP contribution in [0.25, 0.3) is 0 Å². The van der Waals surface area contributed by atoms with E-state index in [1.165, 1.54) is 19.3 Å². The largest absolute Gasteiger partial charge is 0.381 e. The number of carbonyl (C=O) groups excluding carboxylic acids is 1. The zero-order valence-corrected chi connectivity index (χ0v) is 10.8. The van der Waals surface area contributed by atoms with E-state index in [1.807, 2.05) is 20.8 Å². The molecule has 0 aliphatic carbocycles. The normalized spacial score (nSPS) is 18.4. The van der Waals surface area contributed by atoms with E-state index in [9.17, 15) is 4.79 Å². The van der Waals surface area contributed by atoms with Crippen LogP contribution in [-0.4, -0.2) is 25.7 Å². The van der Waals surface area contributed by atoms with Crippen molar-refractivity contribution in [1.82, 2.24) is 5.32 Å². The van der Waals surface area contributed by atoms with Crippen molar-refractivity contribution in [2.24, 2.45) is 11.3 Å². The summed E-state index contributed by atoms with van der Waals surface area (Å²) in [5.74, 6) is 0.958. The Hall–Kier alpha value is -0.570. The van der Waals surface area contributed by atoms with E-state index in [0.717, 1.165) is 32.1 Å². The molecule has 1 aliphatic heterocycles. The smallest absolute Gasteiger partial charge is 0.225 e. The summed E-state index contributed by atoms with van der Waals surface area (Å²) in [6, 6.07) is 0. The number of amides is 1. The van der Waals surface area contributed by atoms with Gasteiger partial charge < -0.3 is 10.1 Å². The summed E-state index contributed by atoms with van der Waals surface area (Å²) in [5.41, 5.74) is -0.265. The maximum absolute atomic E-state index is 11.6. The number of rotatable bonds is 4. The lowest BCUT2D eigenvalue weighted by Crippen LogP contribution is -2.35. The summed E-state index contributed by atoms with van der Waals surface area (Å²) in [6.07, 6.45) is 4.68. The number of hydrogen-bond donors (Lipinski definition) is 1. The molecule has 1 amide bonds. The molecule has 0 saturated carbocycles. The van der Waals surface area contributed by atoms with E-state index in [2.05, 4.69) is 5.32 Å². The van der Waals surface area contributed by atoms with Crippen molar-refractivity contribution in [1.29, 1.82) is 0 Å². The van der Waals surface area contributed by atoms with Gasteiger partial charge in [0.05, 0.1) is 0 Å². The molecule has 1 aliphatic rings. The molecule has 94 valence electrons. The fourth-order valence-corrected chi connectivity index (χ4v) is 1.89. The molecule has 0 bridgehead atoms. The van der Waals surface area contributed by atoms with Gasteiger partial charge in [-0.2, -0.15) is 0 Å². The van der Waals surface area contributed by atoms with Crippen molar-refractivity contribution in [2.45, 2.75) is 46.5 Å². The molecule has 0 atom stereocenters. The predicted octanol–water partition coefficient (Wildman–Crippen LogP) is 2.36. The zero-order chi connectivity index (χ0) is 12.0. The Kier molecular flexibility index (Phi) is 5.26. The number of ether oxygens (including phenoxy) is 1. The molecule has 16 heavy (non-hydrogen) atoms. The average molecular weight is 227 g/mol. The molecule has 1 N–H and O–H groups in total. The van der Waals surface area contributed by atoms with Crippen molar-refractivity contribution in [2.75, 3.05) is 19.8 Å². The molecule has 3 nitrogen and oxygen atoms in total. The third kappa shape index (κ3) is 4.97. The maximum Gasteiger partial charge on any atom is 0.225 e. The molecule has 1 rings (SSSR count). The summed E-state index contributed by atoms with van der Waals surface area (Å²) >= 11 is 0. The fourth-order valence-electron chi connectivity index (χ4n) is 1.89. The Morgan fingerprint density at radius 2 is 1.94 bits per heavy atom. The summed E-state index contributed by atoms with van der Waals surface area (Å²) in [5, 5.41) is 2.99. The van der Waals surface area contributed by atoms with Gasteiger partial charge in [0.25, 0.3) is 0 Å². The highest BCUT2D eigenvalue weighted by Crippen LogP contribution is 2.19. The molecule has 1 heterocycles. The lowest BCUT2D eigenvalue weighted by Gasteiger charge is -2.22. The maximum atomic E-state index is 11.6. The predicted molar refractivity (Wildman–Crippen MR) is 65.2 cm³/mol. The van der Waals surface area contributed by atoms with E-state index >= 15 is 0 Å². The van der Waals surface area contributed by atoms with E-state index in [1.54, 1.807) is 0 Å². The monoisotopic (exact) mass is 227 g/mol. The van der Waals surface area contributed by atoms with Crippen molar-refractivity contribution in [3.05, 3.63) is 0 Å². The number of carbonyl (C=O) groups is 1. The molecule has 0 unspecified atom stereocenters. The molecule has 1 fully saturated rings. The Labute approximate surface area is 98.9 Å². The van der Waals surface area contributed by atoms with Crippen LogP contribution >= 0.6 is 0 Å². The topological polar surface area (TPSA) is 38.3 Å². The zero-order valence-electron chi connectivity index (χ0n) is 10.8. The van der Waals surface area contributed by atoms with Crippen LogP contribution in [-0.2, 0) is 9.53 Å². The minimum atomic E-state index is -0.265. The highest BCUT2D eigenvalue weighted by molar-refractivity contribution is 5.81.